The number of hydrogen-bond donors (Lipinski definition) is 0. The molecular weight excluding hydrogens is 681 g/mol. The molecule has 0 aliphatic carbocycles. The largest absolute Gasteiger partial charge is 0.310 e. The van der Waals surface area contributed by atoms with Crippen molar-refractivity contribution in [1.29, 1.82) is 0 Å². The molecule has 2 heterocycles. The summed E-state index contributed by atoms with van der Waals surface area (Å²) in [7, 11) is 0. The quantitative estimate of drug-likeness (QED) is 0.161. The highest BCUT2D eigenvalue weighted by atomic mass is 15.1. The third-order valence-corrected chi connectivity index (χ3v) is 11.0. The van der Waals surface area contributed by atoms with Crippen LogP contribution in [-0.2, 0) is 0 Å². The van der Waals surface area contributed by atoms with Crippen molar-refractivity contribution in [2.75, 3.05) is 4.90 Å². The Morgan fingerprint density at radius 1 is 0.357 bits per heavy atom. The number of rotatable bonds is 6. The fourth-order valence-electron chi connectivity index (χ4n) is 8.42. The van der Waals surface area contributed by atoms with Gasteiger partial charge in [-0.1, -0.05) is 133 Å². The van der Waals surface area contributed by atoms with Crippen molar-refractivity contribution in [1.82, 2.24) is 14.5 Å². The Bertz CT molecular complexity index is 3170. The van der Waals surface area contributed by atoms with Gasteiger partial charge in [-0.05, 0) is 88.6 Å². The van der Waals surface area contributed by atoms with Crippen LogP contribution in [0.1, 0.15) is 0 Å². The molecule has 0 amide bonds. The maximum absolute atomic E-state index is 5.27. The zero-order valence-corrected chi connectivity index (χ0v) is 30.4. The lowest BCUT2D eigenvalue weighted by Gasteiger charge is -2.26. The summed E-state index contributed by atoms with van der Waals surface area (Å²) in [6, 6.07) is 71.2. The summed E-state index contributed by atoms with van der Waals surface area (Å²) < 4.78 is 2.36. The Hall–Kier alpha value is -7.56. The first-order chi connectivity index (χ1) is 27.8. The molecule has 4 nitrogen and oxygen atoms in total. The van der Waals surface area contributed by atoms with Crippen LogP contribution in [0, 0.1) is 0 Å². The van der Waals surface area contributed by atoms with Gasteiger partial charge in [-0.25, -0.2) is 4.98 Å². The molecular formula is C52H34N4. The lowest BCUT2D eigenvalue weighted by molar-refractivity contribution is 1.17. The molecule has 2 aromatic heterocycles. The molecule has 11 aromatic rings. The molecule has 9 aromatic carbocycles. The van der Waals surface area contributed by atoms with Gasteiger partial charge in [-0.2, -0.15) is 0 Å². The van der Waals surface area contributed by atoms with E-state index in [2.05, 4.69) is 210 Å². The first-order valence-electron chi connectivity index (χ1n) is 19.0. The van der Waals surface area contributed by atoms with Gasteiger partial charge in [0.25, 0.3) is 0 Å². The molecule has 0 aliphatic rings. The standard InChI is InChI=1S/C52H34N4/c1-2-17-38(18-3-1)55(39-28-30-40(31-29-39)56-49-26-10-8-22-44(49)45-23-9-11-27-50(45)56)41-19-13-15-36(33-41)35-14-12-16-37(32-35)48-34-53-51-46-24-6-4-20-42(46)43-21-5-7-25-47(43)52(51)54-48/h1-34H. The van der Waals surface area contributed by atoms with Crippen molar-refractivity contribution in [3.05, 3.63) is 206 Å². The average molecular weight is 715 g/mol. The Morgan fingerprint density at radius 3 is 1.54 bits per heavy atom. The van der Waals surface area contributed by atoms with Crippen LogP contribution in [-0.4, -0.2) is 14.5 Å². The Labute approximate surface area is 324 Å². The fourth-order valence-corrected chi connectivity index (χ4v) is 8.42. The zero-order chi connectivity index (χ0) is 37.0. The highest BCUT2D eigenvalue weighted by Crippen LogP contribution is 2.39. The summed E-state index contributed by atoms with van der Waals surface area (Å²) in [5.41, 5.74) is 12.7. The molecule has 0 radical (unpaired) electrons. The van der Waals surface area contributed by atoms with Crippen molar-refractivity contribution in [2.24, 2.45) is 0 Å². The molecule has 4 heteroatoms. The van der Waals surface area contributed by atoms with E-state index in [1.54, 1.807) is 0 Å². The minimum atomic E-state index is 0.852. The van der Waals surface area contributed by atoms with E-state index in [4.69, 9.17) is 9.97 Å². The summed E-state index contributed by atoms with van der Waals surface area (Å²) in [6.07, 6.45) is 1.92. The number of benzene rings is 9. The van der Waals surface area contributed by atoms with Crippen LogP contribution in [0.3, 0.4) is 0 Å². The van der Waals surface area contributed by atoms with Gasteiger partial charge in [0.15, 0.2) is 0 Å². The lowest BCUT2D eigenvalue weighted by atomic mass is 9.98. The van der Waals surface area contributed by atoms with E-state index in [-0.39, 0.29) is 0 Å². The van der Waals surface area contributed by atoms with Crippen molar-refractivity contribution in [3.8, 4) is 28.1 Å². The summed E-state index contributed by atoms with van der Waals surface area (Å²) in [5.74, 6) is 0. The second kappa shape index (κ2) is 13.1. The van der Waals surface area contributed by atoms with Crippen LogP contribution in [0.15, 0.2) is 206 Å². The molecule has 0 N–H and O–H groups in total. The smallest absolute Gasteiger partial charge is 0.0979 e. The van der Waals surface area contributed by atoms with E-state index in [1.807, 2.05) is 6.20 Å². The Balaban J connectivity index is 0.986. The van der Waals surface area contributed by atoms with Gasteiger partial charge in [-0.15, -0.1) is 0 Å². The molecule has 262 valence electrons. The van der Waals surface area contributed by atoms with Gasteiger partial charge in [0.05, 0.1) is 34.0 Å². The highest BCUT2D eigenvalue weighted by Gasteiger charge is 2.17. The third kappa shape index (κ3) is 5.23. The van der Waals surface area contributed by atoms with Gasteiger partial charge in [0, 0.05) is 49.9 Å². The van der Waals surface area contributed by atoms with Crippen LogP contribution in [0.2, 0.25) is 0 Å². The first kappa shape index (κ1) is 31.9. The molecule has 0 aliphatic heterocycles. The van der Waals surface area contributed by atoms with Crippen molar-refractivity contribution >= 4 is 71.4 Å². The number of para-hydroxylation sites is 3. The van der Waals surface area contributed by atoms with Crippen LogP contribution in [0.5, 0.6) is 0 Å². The topological polar surface area (TPSA) is 34.0 Å². The molecule has 0 bridgehead atoms. The number of nitrogens with zero attached hydrogens (tertiary/aromatic N) is 4. The van der Waals surface area contributed by atoms with E-state index in [9.17, 15) is 0 Å². The van der Waals surface area contributed by atoms with Gasteiger partial charge >= 0.3 is 0 Å². The monoisotopic (exact) mass is 714 g/mol. The number of aromatic nitrogens is 3. The second-order valence-corrected chi connectivity index (χ2v) is 14.2. The summed E-state index contributed by atoms with van der Waals surface area (Å²) in [5, 5.41) is 7.14. The van der Waals surface area contributed by atoms with Crippen molar-refractivity contribution < 1.29 is 0 Å². The molecule has 0 spiro atoms. The minimum Gasteiger partial charge on any atom is -0.310 e. The van der Waals surface area contributed by atoms with Crippen LogP contribution >= 0.6 is 0 Å². The summed E-state index contributed by atoms with van der Waals surface area (Å²) in [4.78, 5) is 12.6. The molecule has 56 heavy (non-hydrogen) atoms. The molecule has 0 saturated carbocycles. The zero-order valence-electron chi connectivity index (χ0n) is 30.4. The van der Waals surface area contributed by atoms with Crippen LogP contribution in [0.25, 0.3) is 82.5 Å². The predicted octanol–water partition coefficient (Wildman–Crippen LogP) is 13.8. The molecule has 0 saturated heterocycles. The lowest BCUT2D eigenvalue weighted by Crippen LogP contribution is -2.10. The van der Waals surface area contributed by atoms with E-state index in [1.165, 1.54) is 32.6 Å². The Morgan fingerprint density at radius 2 is 0.857 bits per heavy atom. The number of fused-ring (bicyclic) bond motifs is 9. The van der Waals surface area contributed by atoms with Crippen molar-refractivity contribution in [2.45, 2.75) is 0 Å². The fraction of sp³-hybridized carbons (Fsp3) is 0. The average Bonchev–Trinajstić information content (AvgIpc) is 3.62. The molecule has 11 rings (SSSR count). The molecule has 0 atom stereocenters. The number of anilines is 3. The maximum atomic E-state index is 5.27. The van der Waals surface area contributed by atoms with Gasteiger partial charge in [0.1, 0.15) is 0 Å². The van der Waals surface area contributed by atoms with Crippen molar-refractivity contribution in [3.63, 3.8) is 0 Å². The molecule has 0 fully saturated rings. The third-order valence-electron chi connectivity index (χ3n) is 11.0. The van der Waals surface area contributed by atoms with E-state index >= 15 is 0 Å². The summed E-state index contributed by atoms with van der Waals surface area (Å²) in [6.45, 7) is 0. The van der Waals surface area contributed by atoms with E-state index in [0.717, 1.165) is 66.9 Å². The number of hydrogen-bond acceptors (Lipinski definition) is 3. The summed E-state index contributed by atoms with van der Waals surface area (Å²) >= 11 is 0. The highest BCUT2D eigenvalue weighted by molar-refractivity contribution is 6.23. The van der Waals surface area contributed by atoms with Crippen LogP contribution in [0.4, 0.5) is 17.1 Å². The second-order valence-electron chi connectivity index (χ2n) is 14.2. The van der Waals surface area contributed by atoms with Gasteiger partial charge in [-0.3, -0.25) is 4.98 Å². The Kier molecular flexibility index (Phi) is 7.46. The first-order valence-corrected chi connectivity index (χ1v) is 19.0. The minimum absolute atomic E-state index is 0.852. The predicted molar refractivity (Wildman–Crippen MR) is 234 cm³/mol. The maximum Gasteiger partial charge on any atom is 0.0979 e. The van der Waals surface area contributed by atoms with Crippen LogP contribution < -0.4 is 4.90 Å². The molecule has 0 unspecified atom stereocenters. The van der Waals surface area contributed by atoms with Gasteiger partial charge < -0.3 is 9.47 Å². The van der Waals surface area contributed by atoms with E-state index < -0.39 is 0 Å². The van der Waals surface area contributed by atoms with E-state index in [0.29, 0.717) is 0 Å². The van der Waals surface area contributed by atoms with Gasteiger partial charge in [0.2, 0.25) is 0 Å². The normalized spacial score (nSPS) is 11.6. The SMILES string of the molecule is c1ccc(N(c2ccc(-n3c4ccccc4c4ccccc43)cc2)c2cccc(-c3cccc(-c4cnc5c6ccccc6c6ccccc6c5n4)c3)c2)cc1.